The molecule has 7 rings (SSSR count). The third-order valence-electron chi connectivity index (χ3n) is 9.57. The number of hydrogen-bond acceptors (Lipinski definition) is 5. The molecule has 0 amide bonds. The number of aromatic hydroxyl groups is 1. The zero-order valence-electron chi connectivity index (χ0n) is 19.4. The van der Waals surface area contributed by atoms with E-state index >= 15 is 0 Å². The Hall–Kier alpha value is -2.08. The largest absolute Gasteiger partial charge is 0.504 e. The summed E-state index contributed by atoms with van der Waals surface area (Å²) in [4.78, 5) is 5.01. The summed E-state index contributed by atoms with van der Waals surface area (Å²) in [7, 11) is 2.19. The number of hydrogen-bond donors (Lipinski definition) is 2. The van der Waals surface area contributed by atoms with Crippen molar-refractivity contribution in [1.82, 2.24) is 9.80 Å². The molecule has 2 N–H and O–H groups in total. The summed E-state index contributed by atoms with van der Waals surface area (Å²) in [5.41, 5.74) is 2.44. The predicted molar refractivity (Wildman–Crippen MR) is 126 cm³/mol. The lowest BCUT2D eigenvalue weighted by molar-refractivity contribution is -0.200. The minimum absolute atomic E-state index is 0.140. The smallest absolute Gasteiger partial charge is 0.165 e. The molecular weight excluding hydrogens is 412 g/mol. The van der Waals surface area contributed by atoms with Gasteiger partial charge in [0.2, 0.25) is 0 Å². The second-order valence-corrected chi connectivity index (χ2v) is 11.3. The maximum atomic E-state index is 12.6. The number of likely N-dealkylation sites (N-methyl/N-ethyl adjacent to an activating group) is 1. The zero-order chi connectivity index (χ0) is 22.4. The van der Waals surface area contributed by atoms with E-state index in [1.165, 1.54) is 24.0 Å². The summed E-state index contributed by atoms with van der Waals surface area (Å²) in [6.07, 6.45) is 5.98. The third-order valence-corrected chi connectivity index (χ3v) is 9.57. The summed E-state index contributed by atoms with van der Waals surface area (Å²) < 4.78 is 6.70. The Labute approximate surface area is 196 Å². The lowest BCUT2D eigenvalue weighted by Crippen LogP contribution is -2.78. The van der Waals surface area contributed by atoms with Gasteiger partial charge >= 0.3 is 0 Å². The lowest BCUT2D eigenvalue weighted by Gasteiger charge is -2.64. The van der Waals surface area contributed by atoms with Crippen LogP contribution in [0, 0.1) is 5.92 Å². The molecule has 2 aromatic carbocycles. The van der Waals surface area contributed by atoms with Crippen LogP contribution >= 0.6 is 0 Å². The highest BCUT2D eigenvalue weighted by molar-refractivity contribution is 5.62. The predicted octanol–water partition coefficient (Wildman–Crippen LogP) is 3.46. The molecule has 5 atom stereocenters. The van der Waals surface area contributed by atoms with Crippen molar-refractivity contribution < 1.29 is 14.9 Å². The molecule has 0 aromatic heterocycles. The highest BCUT2D eigenvalue weighted by Gasteiger charge is 2.73. The van der Waals surface area contributed by atoms with E-state index in [0.717, 1.165) is 56.8 Å². The van der Waals surface area contributed by atoms with E-state index in [1.54, 1.807) is 6.07 Å². The number of rotatable bonds is 5. The third kappa shape index (κ3) is 2.70. The van der Waals surface area contributed by atoms with Crippen molar-refractivity contribution in [2.75, 3.05) is 20.1 Å². The minimum Gasteiger partial charge on any atom is -0.504 e. The Morgan fingerprint density at radius 1 is 1.09 bits per heavy atom. The van der Waals surface area contributed by atoms with Crippen LogP contribution in [0.15, 0.2) is 42.5 Å². The molecule has 5 nitrogen and oxygen atoms in total. The SMILES string of the molecule is CN(Cc1ccccc1)[C@H]1CC[C@]2(O)C3Cc4ccc(O)c5c4[C@]2(CCN3CC2CC2)[C@@H]1O5. The molecule has 2 aromatic rings. The maximum absolute atomic E-state index is 12.6. The fraction of sp³-hybridized carbons (Fsp3) is 0.571. The molecule has 174 valence electrons. The molecule has 2 saturated carbocycles. The van der Waals surface area contributed by atoms with Crippen LogP contribution in [0.1, 0.15) is 48.8 Å². The van der Waals surface area contributed by atoms with Crippen LogP contribution in [0.2, 0.25) is 0 Å². The number of piperidine rings is 1. The standard InChI is InChI=1S/C28H34N2O3/c1-29(16-18-5-3-2-4-6-18)21-11-12-28(32)23-15-20-9-10-22(31)25-24(20)27(28,26(21)33-25)13-14-30(23)17-19-7-8-19/h2-6,9-10,19,21,23,26,31-32H,7-8,11-17H2,1H3/t21-,23?,26+,27+,28-/m0/s1. The fourth-order valence-electron chi connectivity index (χ4n) is 7.90. The first-order chi connectivity index (χ1) is 16.0. The molecule has 33 heavy (non-hydrogen) atoms. The van der Waals surface area contributed by atoms with Gasteiger partial charge in [0.05, 0.1) is 11.0 Å². The number of phenolic OH excluding ortho intramolecular Hbond substituents is 1. The van der Waals surface area contributed by atoms with Gasteiger partial charge in [-0.05, 0) is 75.2 Å². The number of ether oxygens (including phenoxy) is 1. The van der Waals surface area contributed by atoms with Crippen LogP contribution in [-0.2, 0) is 18.4 Å². The normalized spacial score (nSPS) is 36.5. The molecule has 5 heteroatoms. The number of phenols is 1. The summed E-state index contributed by atoms with van der Waals surface area (Å²) >= 11 is 0. The van der Waals surface area contributed by atoms with Crippen molar-refractivity contribution in [3.8, 4) is 11.5 Å². The molecule has 2 heterocycles. The monoisotopic (exact) mass is 446 g/mol. The fourth-order valence-corrected chi connectivity index (χ4v) is 7.90. The van der Waals surface area contributed by atoms with Crippen molar-refractivity contribution >= 4 is 0 Å². The first-order valence-corrected chi connectivity index (χ1v) is 12.7. The summed E-state index contributed by atoms with van der Waals surface area (Å²) in [6.45, 7) is 2.98. The molecule has 2 bridgehead atoms. The Morgan fingerprint density at radius 2 is 1.91 bits per heavy atom. The van der Waals surface area contributed by atoms with E-state index in [0.29, 0.717) is 5.75 Å². The first kappa shape index (κ1) is 20.3. The van der Waals surface area contributed by atoms with Crippen LogP contribution < -0.4 is 4.74 Å². The van der Waals surface area contributed by atoms with Crippen LogP contribution in [0.3, 0.4) is 0 Å². The van der Waals surface area contributed by atoms with Gasteiger partial charge in [-0.2, -0.15) is 0 Å². The van der Waals surface area contributed by atoms with Gasteiger partial charge in [-0.3, -0.25) is 9.80 Å². The van der Waals surface area contributed by atoms with Crippen LogP contribution in [-0.4, -0.2) is 63.9 Å². The molecule has 5 aliphatic rings. The van der Waals surface area contributed by atoms with Gasteiger partial charge in [0.1, 0.15) is 6.10 Å². The van der Waals surface area contributed by atoms with Crippen molar-refractivity contribution in [3.05, 3.63) is 59.2 Å². The molecule has 2 aliphatic heterocycles. The zero-order valence-corrected chi connectivity index (χ0v) is 19.4. The Kier molecular flexibility index (Phi) is 4.29. The quantitative estimate of drug-likeness (QED) is 0.737. The Balaban J connectivity index is 1.31. The van der Waals surface area contributed by atoms with Crippen molar-refractivity contribution in [2.24, 2.45) is 5.92 Å². The second-order valence-electron chi connectivity index (χ2n) is 11.3. The van der Waals surface area contributed by atoms with Crippen molar-refractivity contribution in [3.63, 3.8) is 0 Å². The van der Waals surface area contributed by atoms with E-state index < -0.39 is 11.0 Å². The van der Waals surface area contributed by atoms with E-state index in [4.69, 9.17) is 4.74 Å². The molecular formula is C28H34N2O3. The van der Waals surface area contributed by atoms with Gasteiger partial charge in [0, 0.05) is 30.7 Å². The van der Waals surface area contributed by atoms with Gasteiger partial charge in [0.15, 0.2) is 11.5 Å². The highest BCUT2D eigenvalue weighted by atomic mass is 16.5. The summed E-state index contributed by atoms with van der Waals surface area (Å²) in [5.74, 6) is 1.68. The van der Waals surface area contributed by atoms with E-state index in [9.17, 15) is 10.2 Å². The Morgan fingerprint density at radius 3 is 2.70 bits per heavy atom. The van der Waals surface area contributed by atoms with Crippen LogP contribution in [0.4, 0.5) is 0 Å². The van der Waals surface area contributed by atoms with Crippen molar-refractivity contribution in [1.29, 1.82) is 0 Å². The van der Waals surface area contributed by atoms with Gasteiger partial charge in [0.25, 0.3) is 0 Å². The summed E-state index contributed by atoms with van der Waals surface area (Å²) in [6, 6.07) is 14.8. The summed E-state index contributed by atoms with van der Waals surface area (Å²) in [5, 5.41) is 23.4. The minimum atomic E-state index is -0.805. The number of aliphatic hydroxyl groups is 1. The number of nitrogens with zero attached hydrogens (tertiary/aromatic N) is 2. The molecule has 1 spiro atoms. The number of benzene rings is 2. The molecule has 0 radical (unpaired) electrons. The van der Waals surface area contributed by atoms with E-state index in [-0.39, 0.29) is 23.9 Å². The Bertz CT molecular complexity index is 1090. The number of likely N-dealkylation sites (tertiary alicyclic amines) is 1. The van der Waals surface area contributed by atoms with Gasteiger partial charge in [-0.25, -0.2) is 0 Å². The second kappa shape index (κ2) is 6.97. The lowest BCUT2D eigenvalue weighted by atomic mass is 9.48. The topological polar surface area (TPSA) is 56.2 Å². The molecule has 1 saturated heterocycles. The van der Waals surface area contributed by atoms with E-state index in [2.05, 4.69) is 53.2 Å². The van der Waals surface area contributed by atoms with Crippen LogP contribution in [0.5, 0.6) is 11.5 Å². The van der Waals surface area contributed by atoms with Crippen molar-refractivity contribution in [2.45, 2.75) is 74.3 Å². The first-order valence-electron chi connectivity index (χ1n) is 12.7. The molecule has 3 aliphatic carbocycles. The van der Waals surface area contributed by atoms with Gasteiger partial charge in [-0.1, -0.05) is 36.4 Å². The maximum Gasteiger partial charge on any atom is 0.165 e. The average molecular weight is 447 g/mol. The van der Waals surface area contributed by atoms with Crippen LogP contribution in [0.25, 0.3) is 0 Å². The van der Waals surface area contributed by atoms with Gasteiger partial charge in [-0.15, -0.1) is 0 Å². The highest BCUT2D eigenvalue weighted by Crippen LogP contribution is 2.66. The van der Waals surface area contributed by atoms with Gasteiger partial charge < -0.3 is 14.9 Å². The van der Waals surface area contributed by atoms with E-state index in [1.807, 2.05) is 0 Å². The molecule has 1 unspecified atom stereocenters. The average Bonchev–Trinajstić information content (AvgIpc) is 3.55. The molecule has 3 fully saturated rings.